The Morgan fingerprint density at radius 1 is 1.19 bits per heavy atom. The van der Waals surface area contributed by atoms with E-state index in [1.807, 2.05) is 0 Å². The van der Waals surface area contributed by atoms with Gasteiger partial charge < -0.3 is 19.8 Å². The quantitative estimate of drug-likeness (QED) is 0.602. The summed E-state index contributed by atoms with van der Waals surface area (Å²) in [5.74, 6) is -0.208. The van der Waals surface area contributed by atoms with E-state index in [-0.39, 0.29) is 22.9 Å². The third-order valence-electron chi connectivity index (χ3n) is 5.66. The zero-order valence-electron chi connectivity index (χ0n) is 16.8. The Kier molecular flexibility index (Phi) is 5.22. The molecule has 0 spiro atoms. The summed E-state index contributed by atoms with van der Waals surface area (Å²) in [5.41, 5.74) is 2.11. The van der Waals surface area contributed by atoms with Crippen molar-refractivity contribution in [3.63, 3.8) is 0 Å². The first-order valence-electron chi connectivity index (χ1n) is 10.1. The van der Waals surface area contributed by atoms with Crippen LogP contribution in [0.15, 0.2) is 59.9 Å². The number of imidazole rings is 1. The fraction of sp³-hybridized carbons (Fsp3) is 0.333. The van der Waals surface area contributed by atoms with Crippen molar-refractivity contribution in [2.24, 2.45) is 0 Å². The monoisotopic (exact) mass is 441 g/mol. The smallest absolute Gasteiger partial charge is 0.253 e. The average molecular weight is 442 g/mol. The van der Waals surface area contributed by atoms with Gasteiger partial charge in [-0.15, -0.1) is 0 Å². The summed E-state index contributed by atoms with van der Waals surface area (Å²) in [6.45, 7) is 2.25. The van der Waals surface area contributed by atoms with Crippen LogP contribution in [0.1, 0.15) is 15.9 Å². The number of fused-ring (bicyclic) bond motifs is 5. The maximum atomic E-state index is 13.1. The molecule has 2 bridgehead atoms. The van der Waals surface area contributed by atoms with Gasteiger partial charge in [-0.2, -0.15) is 4.31 Å². The van der Waals surface area contributed by atoms with Gasteiger partial charge in [0.1, 0.15) is 5.65 Å². The summed E-state index contributed by atoms with van der Waals surface area (Å²) in [4.78, 5) is 16.9. The zero-order valence-corrected chi connectivity index (χ0v) is 17.6. The Labute approximate surface area is 180 Å². The lowest BCUT2D eigenvalue weighted by atomic mass is 10.2. The molecule has 31 heavy (non-hydrogen) atoms. The van der Waals surface area contributed by atoms with E-state index in [9.17, 15) is 13.2 Å². The van der Waals surface area contributed by atoms with Crippen molar-refractivity contribution in [2.45, 2.75) is 23.6 Å². The Hall–Kier alpha value is -2.79. The van der Waals surface area contributed by atoms with Gasteiger partial charge in [0.2, 0.25) is 10.0 Å². The first kappa shape index (κ1) is 20.1. The van der Waals surface area contributed by atoms with Crippen LogP contribution in [0.3, 0.4) is 0 Å². The van der Waals surface area contributed by atoms with Crippen LogP contribution in [-0.4, -0.2) is 66.4 Å². The summed E-state index contributed by atoms with van der Waals surface area (Å²) in [7, 11) is -3.60. The second-order valence-corrected chi connectivity index (χ2v) is 9.76. The van der Waals surface area contributed by atoms with E-state index >= 15 is 0 Å². The summed E-state index contributed by atoms with van der Waals surface area (Å²) in [5, 5.41) is 6.18. The highest BCUT2D eigenvalue weighted by molar-refractivity contribution is 7.89. The van der Waals surface area contributed by atoms with E-state index in [4.69, 9.17) is 4.74 Å². The van der Waals surface area contributed by atoms with E-state index < -0.39 is 10.0 Å². The summed E-state index contributed by atoms with van der Waals surface area (Å²) in [6, 6.07) is 10.2. The third kappa shape index (κ3) is 4.07. The molecule has 3 saturated heterocycles. The van der Waals surface area contributed by atoms with Crippen LogP contribution in [0.25, 0.3) is 5.65 Å². The minimum atomic E-state index is -3.60. The maximum Gasteiger partial charge on any atom is 0.253 e. The van der Waals surface area contributed by atoms with Crippen molar-refractivity contribution in [3.8, 4) is 0 Å². The Balaban J connectivity index is 1.24. The van der Waals surface area contributed by atoms with Crippen LogP contribution in [0.4, 0.5) is 0 Å². The van der Waals surface area contributed by atoms with Crippen molar-refractivity contribution in [2.75, 3.05) is 26.2 Å². The molecule has 3 fully saturated rings. The molecule has 3 aromatic rings. The molecule has 9 nitrogen and oxygen atoms in total. The van der Waals surface area contributed by atoms with E-state index in [2.05, 4.69) is 15.6 Å². The van der Waals surface area contributed by atoms with Crippen LogP contribution in [-0.2, 0) is 21.3 Å². The number of nitrogens with zero attached hydrogens (tertiary/aromatic N) is 3. The Bertz CT molecular complexity index is 1190. The normalized spacial score (nSPS) is 21.8. The van der Waals surface area contributed by atoms with Gasteiger partial charge in [-0.05, 0) is 29.8 Å². The predicted octanol–water partition coefficient (Wildman–Crippen LogP) is 0.626. The maximum absolute atomic E-state index is 13.1. The number of amides is 1. The lowest BCUT2D eigenvalue weighted by Gasteiger charge is -2.24. The van der Waals surface area contributed by atoms with Gasteiger partial charge in [0.05, 0.1) is 23.2 Å². The van der Waals surface area contributed by atoms with Gasteiger partial charge in [-0.1, -0.05) is 12.1 Å². The first-order chi connectivity index (χ1) is 15.0. The molecule has 1 amide bonds. The van der Waals surface area contributed by atoms with Crippen LogP contribution >= 0.6 is 0 Å². The van der Waals surface area contributed by atoms with Crippen LogP contribution in [0, 0.1) is 0 Å². The topological polar surface area (TPSA) is 105 Å². The SMILES string of the molecule is O=C(NCc1ccc(S(=O)(=O)N2CC3COC(CN3)C2)cc1)c1ccc2nccn2c1. The molecule has 162 valence electrons. The summed E-state index contributed by atoms with van der Waals surface area (Å²) >= 11 is 0. The molecule has 2 atom stereocenters. The van der Waals surface area contributed by atoms with Crippen molar-refractivity contribution in [1.29, 1.82) is 0 Å². The average Bonchev–Trinajstić information content (AvgIpc) is 3.04. The lowest BCUT2D eigenvalue weighted by Crippen LogP contribution is -2.45. The number of aromatic nitrogens is 2. The van der Waals surface area contributed by atoms with Crippen molar-refractivity contribution in [3.05, 3.63) is 66.1 Å². The molecule has 0 radical (unpaired) electrons. The number of nitrogens with one attached hydrogen (secondary N) is 2. The zero-order chi connectivity index (χ0) is 21.4. The van der Waals surface area contributed by atoms with Gasteiger partial charge in [0.25, 0.3) is 5.91 Å². The molecule has 0 saturated carbocycles. The molecule has 0 aliphatic carbocycles. The van der Waals surface area contributed by atoms with Crippen molar-refractivity contribution < 1.29 is 17.9 Å². The standard InChI is InChI=1S/C21H23N5O4S/c27-21(16-3-6-20-22-7-8-25(20)11-16)24-9-15-1-4-19(5-2-15)31(28,29)26-12-17-14-30-18(13-26)10-23-17/h1-8,11,17-18,23H,9-10,12-14H2,(H,24,27). The summed E-state index contributed by atoms with van der Waals surface area (Å²) < 4.78 is 35.1. The van der Waals surface area contributed by atoms with Gasteiger partial charge in [-0.25, -0.2) is 13.4 Å². The molecule has 1 aromatic carbocycles. The molecule has 3 aliphatic rings. The number of benzene rings is 1. The number of rotatable bonds is 5. The molecule has 2 aromatic heterocycles. The van der Waals surface area contributed by atoms with Gasteiger partial charge >= 0.3 is 0 Å². The van der Waals surface area contributed by atoms with E-state index in [0.29, 0.717) is 38.3 Å². The molecule has 2 unspecified atom stereocenters. The Morgan fingerprint density at radius 2 is 2.03 bits per heavy atom. The highest BCUT2D eigenvalue weighted by atomic mass is 32.2. The minimum absolute atomic E-state index is 0.0181. The first-order valence-corrected chi connectivity index (χ1v) is 11.6. The summed E-state index contributed by atoms with van der Waals surface area (Å²) in [6.07, 6.45) is 5.06. The highest BCUT2D eigenvalue weighted by Crippen LogP contribution is 2.21. The fourth-order valence-corrected chi connectivity index (χ4v) is 5.43. The van der Waals surface area contributed by atoms with Gasteiger partial charge in [0, 0.05) is 50.8 Å². The number of hydrogen-bond acceptors (Lipinski definition) is 6. The van der Waals surface area contributed by atoms with Crippen LogP contribution < -0.4 is 10.6 Å². The molecular weight excluding hydrogens is 418 g/mol. The highest BCUT2D eigenvalue weighted by Gasteiger charge is 2.36. The fourth-order valence-electron chi connectivity index (χ4n) is 3.91. The second kappa shape index (κ2) is 8.04. The second-order valence-electron chi connectivity index (χ2n) is 7.82. The molecule has 5 heterocycles. The van der Waals surface area contributed by atoms with E-state index in [1.165, 1.54) is 4.31 Å². The predicted molar refractivity (Wildman–Crippen MR) is 113 cm³/mol. The lowest BCUT2D eigenvalue weighted by molar-refractivity contribution is 0.0234. The number of carbonyl (C=O) groups excluding carboxylic acids is 1. The van der Waals surface area contributed by atoms with Crippen LogP contribution in [0.2, 0.25) is 0 Å². The van der Waals surface area contributed by atoms with Crippen LogP contribution in [0.5, 0.6) is 0 Å². The Morgan fingerprint density at radius 3 is 2.81 bits per heavy atom. The molecule has 10 heteroatoms. The molecular formula is C21H23N5O4S. The number of sulfonamides is 1. The number of morpholine rings is 1. The van der Waals surface area contributed by atoms with Crippen molar-refractivity contribution in [1.82, 2.24) is 24.3 Å². The number of hydrogen-bond donors (Lipinski definition) is 2. The number of pyridine rings is 1. The molecule has 3 aliphatic heterocycles. The molecule has 6 rings (SSSR count). The number of carbonyl (C=O) groups is 1. The van der Waals surface area contributed by atoms with Gasteiger partial charge in [-0.3, -0.25) is 4.79 Å². The van der Waals surface area contributed by atoms with Gasteiger partial charge in [0.15, 0.2) is 0 Å². The van der Waals surface area contributed by atoms with Crippen molar-refractivity contribution >= 4 is 21.6 Å². The number of ether oxygens (including phenoxy) is 1. The molecule has 2 N–H and O–H groups in total. The third-order valence-corrected chi connectivity index (χ3v) is 7.51. The van der Waals surface area contributed by atoms with E-state index in [1.54, 1.807) is 59.4 Å². The minimum Gasteiger partial charge on any atom is -0.374 e. The largest absolute Gasteiger partial charge is 0.374 e. The van der Waals surface area contributed by atoms with E-state index in [0.717, 1.165) is 11.2 Å².